The van der Waals surface area contributed by atoms with Crippen LogP contribution >= 0.6 is 0 Å². The van der Waals surface area contributed by atoms with E-state index in [9.17, 15) is 5.11 Å². The Morgan fingerprint density at radius 3 is 2.72 bits per heavy atom. The van der Waals surface area contributed by atoms with Crippen LogP contribution in [0.25, 0.3) is 0 Å². The number of aliphatic hydroxyl groups is 1. The monoisotopic (exact) mass is 389 g/mol. The largest absolute Gasteiger partial charge is 0.383 e. The van der Waals surface area contributed by atoms with Crippen molar-refractivity contribution in [3.8, 4) is 0 Å². The molecule has 1 saturated carbocycles. The molecule has 3 aliphatic rings. The molecule has 3 heterocycles. The zero-order valence-electron chi connectivity index (χ0n) is 17.1. The molecule has 5 rings (SSSR count). The molecule has 1 aromatic carbocycles. The Kier molecular flexibility index (Phi) is 5.15. The van der Waals surface area contributed by atoms with Crippen molar-refractivity contribution < 1.29 is 5.11 Å². The van der Waals surface area contributed by atoms with Gasteiger partial charge in [0, 0.05) is 44.8 Å². The van der Waals surface area contributed by atoms with Crippen molar-refractivity contribution in [2.45, 2.75) is 37.8 Å². The zero-order valence-corrected chi connectivity index (χ0v) is 17.1. The molecule has 0 spiro atoms. The Morgan fingerprint density at radius 1 is 1.07 bits per heavy atom. The number of aromatic nitrogens is 1. The minimum atomic E-state index is -0.772. The molecule has 0 radical (unpaired) electrons. The summed E-state index contributed by atoms with van der Waals surface area (Å²) < 4.78 is 0. The third kappa shape index (κ3) is 3.84. The van der Waals surface area contributed by atoms with E-state index in [-0.39, 0.29) is 0 Å². The number of rotatable bonds is 6. The van der Waals surface area contributed by atoms with Crippen LogP contribution in [0.5, 0.6) is 0 Å². The Morgan fingerprint density at radius 2 is 1.97 bits per heavy atom. The van der Waals surface area contributed by atoms with Crippen LogP contribution in [0.2, 0.25) is 0 Å². The van der Waals surface area contributed by atoms with Gasteiger partial charge in [-0.2, -0.15) is 0 Å². The van der Waals surface area contributed by atoms with E-state index in [1.807, 2.05) is 6.20 Å². The molecule has 2 aromatic rings. The smallest absolute Gasteiger partial charge is 0.111 e. The molecule has 2 fully saturated rings. The average Bonchev–Trinajstić information content (AvgIpc) is 3.47. The van der Waals surface area contributed by atoms with Crippen LogP contribution in [0.1, 0.15) is 36.1 Å². The van der Waals surface area contributed by atoms with Crippen molar-refractivity contribution in [1.29, 1.82) is 0 Å². The Bertz CT molecular complexity index is 850. The molecule has 1 N–H and O–H groups in total. The van der Waals surface area contributed by atoms with E-state index in [0.717, 1.165) is 64.1 Å². The summed E-state index contributed by atoms with van der Waals surface area (Å²) in [4.78, 5) is 9.61. The standard InChI is InChI=1S/C25H31N3O/c29-25(24-9-8-20(16-26-24)11-15-27-13-4-5-14-27)12-10-22-18-28(19-23(22)25)17-21-6-2-1-3-7-21/h1-4,6-9,13,16,22-23,29H,5,10-12,14-15,17-19H2. The second-order valence-corrected chi connectivity index (χ2v) is 9.02. The van der Waals surface area contributed by atoms with Crippen molar-refractivity contribution in [3.05, 3.63) is 77.8 Å². The highest BCUT2D eigenvalue weighted by Gasteiger charge is 2.53. The number of hydrogen-bond acceptors (Lipinski definition) is 4. The van der Waals surface area contributed by atoms with Gasteiger partial charge >= 0.3 is 0 Å². The number of nitrogens with zero attached hydrogens (tertiary/aromatic N) is 3. The summed E-state index contributed by atoms with van der Waals surface area (Å²) >= 11 is 0. The summed E-state index contributed by atoms with van der Waals surface area (Å²) in [6.45, 7) is 5.19. The first-order valence-electron chi connectivity index (χ1n) is 11.1. The molecule has 3 atom stereocenters. The lowest BCUT2D eigenvalue weighted by Crippen LogP contribution is -2.35. The number of likely N-dealkylation sites (tertiary alicyclic amines) is 1. The number of hydrogen-bond donors (Lipinski definition) is 1. The second kappa shape index (κ2) is 7.92. The van der Waals surface area contributed by atoms with Gasteiger partial charge in [0.1, 0.15) is 5.60 Å². The van der Waals surface area contributed by atoms with Gasteiger partial charge in [-0.3, -0.25) is 9.88 Å². The highest BCUT2D eigenvalue weighted by molar-refractivity contribution is 5.23. The van der Waals surface area contributed by atoms with Crippen LogP contribution in [0, 0.1) is 11.8 Å². The normalized spacial score (nSPS) is 28.9. The highest BCUT2D eigenvalue weighted by Crippen LogP contribution is 2.50. The summed E-state index contributed by atoms with van der Waals surface area (Å²) in [6, 6.07) is 14.9. The van der Waals surface area contributed by atoms with E-state index < -0.39 is 5.60 Å². The lowest BCUT2D eigenvalue weighted by atomic mass is 9.85. The maximum atomic E-state index is 11.6. The van der Waals surface area contributed by atoms with E-state index in [4.69, 9.17) is 4.98 Å². The summed E-state index contributed by atoms with van der Waals surface area (Å²) in [5, 5.41) is 11.6. The van der Waals surface area contributed by atoms with Gasteiger partial charge in [0.05, 0.1) is 5.69 Å². The van der Waals surface area contributed by atoms with Crippen LogP contribution < -0.4 is 0 Å². The fourth-order valence-electron chi connectivity index (χ4n) is 5.50. The Labute approximate surface area is 173 Å². The molecular formula is C25H31N3O. The molecule has 29 heavy (non-hydrogen) atoms. The van der Waals surface area contributed by atoms with Crippen molar-refractivity contribution in [2.75, 3.05) is 26.2 Å². The lowest BCUT2D eigenvalue weighted by molar-refractivity contribution is -0.0108. The van der Waals surface area contributed by atoms with Gasteiger partial charge in [0.2, 0.25) is 0 Å². The van der Waals surface area contributed by atoms with Crippen molar-refractivity contribution >= 4 is 0 Å². The first-order chi connectivity index (χ1) is 14.2. The number of benzene rings is 1. The van der Waals surface area contributed by atoms with E-state index in [2.05, 4.69) is 64.5 Å². The Hall–Kier alpha value is -2.17. The van der Waals surface area contributed by atoms with E-state index in [0.29, 0.717) is 11.8 Å². The van der Waals surface area contributed by atoms with Crippen molar-refractivity contribution in [3.63, 3.8) is 0 Å². The van der Waals surface area contributed by atoms with Crippen LogP contribution in [0.15, 0.2) is 60.9 Å². The zero-order chi connectivity index (χ0) is 19.7. The summed E-state index contributed by atoms with van der Waals surface area (Å²) in [7, 11) is 0. The molecule has 4 heteroatoms. The van der Waals surface area contributed by atoms with E-state index in [1.54, 1.807) is 0 Å². The molecule has 2 aliphatic heterocycles. The second-order valence-electron chi connectivity index (χ2n) is 9.02. The molecule has 4 nitrogen and oxygen atoms in total. The maximum absolute atomic E-state index is 11.6. The van der Waals surface area contributed by atoms with Crippen molar-refractivity contribution in [1.82, 2.24) is 14.8 Å². The topological polar surface area (TPSA) is 39.6 Å². The SMILES string of the molecule is OC1(c2ccc(CCN3C=CCC3)cn2)CCC2CN(Cc3ccccc3)CC21. The lowest BCUT2D eigenvalue weighted by Gasteiger charge is -2.30. The average molecular weight is 390 g/mol. The molecule has 1 saturated heterocycles. The van der Waals surface area contributed by atoms with Crippen molar-refractivity contribution in [2.24, 2.45) is 11.8 Å². The molecule has 0 amide bonds. The van der Waals surface area contributed by atoms with Gasteiger partial charge in [0.15, 0.2) is 0 Å². The van der Waals surface area contributed by atoms with Gasteiger partial charge in [-0.25, -0.2) is 0 Å². The number of pyridine rings is 1. The molecule has 152 valence electrons. The quantitative estimate of drug-likeness (QED) is 0.820. The minimum absolute atomic E-state index is 0.291. The summed E-state index contributed by atoms with van der Waals surface area (Å²) in [5.41, 5.74) is 2.71. The van der Waals surface area contributed by atoms with Gasteiger partial charge in [-0.05, 0) is 55.0 Å². The Balaban J connectivity index is 1.24. The molecule has 1 aliphatic carbocycles. The third-order valence-corrected chi connectivity index (χ3v) is 7.13. The van der Waals surface area contributed by atoms with E-state index in [1.165, 1.54) is 11.1 Å². The fourth-order valence-corrected chi connectivity index (χ4v) is 5.50. The van der Waals surface area contributed by atoms with Crippen LogP contribution in [0.3, 0.4) is 0 Å². The molecule has 0 bridgehead atoms. The molecular weight excluding hydrogens is 358 g/mol. The number of fused-ring (bicyclic) bond motifs is 1. The van der Waals surface area contributed by atoms with Gasteiger partial charge in [-0.1, -0.05) is 42.5 Å². The predicted molar refractivity (Wildman–Crippen MR) is 115 cm³/mol. The predicted octanol–water partition coefficient (Wildman–Crippen LogP) is 3.57. The molecule has 1 aromatic heterocycles. The van der Waals surface area contributed by atoms with Gasteiger partial charge in [-0.15, -0.1) is 0 Å². The van der Waals surface area contributed by atoms with Gasteiger partial charge < -0.3 is 10.0 Å². The van der Waals surface area contributed by atoms with Crippen LogP contribution in [-0.2, 0) is 18.6 Å². The first-order valence-corrected chi connectivity index (χ1v) is 11.1. The highest BCUT2D eigenvalue weighted by atomic mass is 16.3. The molecule has 3 unspecified atom stereocenters. The van der Waals surface area contributed by atoms with E-state index >= 15 is 0 Å². The fraction of sp³-hybridized carbons (Fsp3) is 0.480. The first kappa shape index (κ1) is 18.8. The third-order valence-electron chi connectivity index (χ3n) is 7.13. The summed E-state index contributed by atoms with van der Waals surface area (Å²) in [6.07, 6.45) is 10.5. The van der Waals surface area contributed by atoms with Gasteiger partial charge in [0.25, 0.3) is 0 Å². The van der Waals surface area contributed by atoms with Crippen LogP contribution in [0.4, 0.5) is 0 Å². The summed E-state index contributed by atoms with van der Waals surface area (Å²) in [5.74, 6) is 0.867. The maximum Gasteiger partial charge on any atom is 0.111 e. The minimum Gasteiger partial charge on any atom is -0.383 e. The van der Waals surface area contributed by atoms with Crippen LogP contribution in [-0.4, -0.2) is 46.1 Å².